The van der Waals surface area contributed by atoms with Gasteiger partial charge in [-0.2, -0.15) is 0 Å². The van der Waals surface area contributed by atoms with Crippen LogP contribution in [0.5, 0.6) is 5.75 Å². The van der Waals surface area contributed by atoms with Crippen molar-refractivity contribution in [3.8, 4) is 5.75 Å². The summed E-state index contributed by atoms with van der Waals surface area (Å²) in [7, 11) is 0. The van der Waals surface area contributed by atoms with Crippen LogP contribution in [0.3, 0.4) is 0 Å². The van der Waals surface area contributed by atoms with Gasteiger partial charge in [-0.1, -0.05) is 13.3 Å². The predicted octanol–water partition coefficient (Wildman–Crippen LogP) is 2.97. The van der Waals surface area contributed by atoms with Gasteiger partial charge >= 0.3 is 0 Å². The SMILES string of the molecule is CCC(N)Cc1cc(F)cc(OCCN2CCCCC2)c1. The van der Waals surface area contributed by atoms with Gasteiger partial charge in [0.05, 0.1) is 0 Å². The van der Waals surface area contributed by atoms with Crippen LogP contribution in [-0.4, -0.2) is 37.2 Å². The highest BCUT2D eigenvalue weighted by Crippen LogP contribution is 2.18. The standard InChI is InChI=1S/C17H27FN2O/c1-2-16(19)11-14-10-15(18)13-17(12-14)21-9-8-20-6-4-3-5-7-20/h10,12-13,16H,2-9,11,19H2,1H3. The lowest BCUT2D eigenvalue weighted by Crippen LogP contribution is -2.33. The maximum Gasteiger partial charge on any atom is 0.127 e. The molecule has 21 heavy (non-hydrogen) atoms. The Balaban J connectivity index is 1.84. The molecule has 1 fully saturated rings. The van der Waals surface area contributed by atoms with Gasteiger partial charge in [-0.15, -0.1) is 0 Å². The molecule has 0 saturated carbocycles. The van der Waals surface area contributed by atoms with Crippen LogP contribution in [0, 0.1) is 5.82 Å². The second-order valence-corrected chi connectivity index (χ2v) is 5.92. The van der Waals surface area contributed by atoms with Crippen molar-refractivity contribution in [2.45, 2.75) is 45.1 Å². The Morgan fingerprint density at radius 3 is 2.71 bits per heavy atom. The molecule has 0 radical (unpaired) electrons. The molecule has 0 aliphatic carbocycles. The molecule has 2 N–H and O–H groups in total. The summed E-state index contributed by atoms with van der Waals surface area (Å²) >= 11 is 0. The van der Waals surface area contributed by atoms with E-state index in [2.05, 4.69) is 4.90 Å². The average molecular weight is 294 g/mol. The Morgan fingerprint density at radius 1 is 1.24 bits per heavy atom. The Morgan fingerprint density at radius 2 is 2.00 bits per heavy atom. The van der Waals surface area contributed by atoms with Gasteiger partial charge in [-0.3, -0.25) is 4.90 Å². The van der Waals surface area contributed by atoms with Gasteiger partial charge in [0.1, 0.15) is 18.2 Å². The molecule has 1 saturated heterocycles. The zero-order valence-electron chi connectivity index (χ0n) is 13.0. The van der Waals surface area contributed by atoms with Gasteiger partial charge in [0.2, 0.25) is 0 Å². The van der Waals surface area contributed by atoms with Crippen LogP contribution in [-0.2, 0) is 6.42 Å². The minimum Gasteiger partial charge on any atom is -0.492 e. The van der Waals surface area contributed by atoms with Crippen LogP contribution in [0.2, 0.25) is 0 Å². The van der Waals surface area contributed by atoms with E-state index in [9.17, 15) is 4.39 Å². The molecule has 1 atom stereocenters. The summed E-state index contributed by atoms with van der Waals surface area (Å²) in [6.07, 6.45) is 5.47. The smallest absolute Gasteiger partial charge is 0.127 e. The summed E-state index contributed by atoms with van der Waals surface area (Å²) in [5, 5.41) is 0. The van der Waals surface area contributed by atoms with E-state index in [-0.39, 0.29) is 11.9 Å². The van der Waals surface area contributed by atoms with Gasteiger partial charge in [-0.05, 0) is 56.5 Å². The number of ether oxygens (including phenoxy) is 1. The van der Waals surface area contributed by atoms with E-state index in [0.29, 0.717) is 18.8 Å². The van der Waals surface area contributed by atoms with Crippen molar-refractivity contribution in [2.75, 3.05) is 26.2 Å². The second kappa shape index (κ2) is 8.35. The van der Waals surface area contributed by atoms with Crippen LogP contribution in [0.15, 0.2) is 18.2 Å². The summed E-state index contributed by atoms with van der Waals surface area (Å²) in [6, 6.07) is 4.99. The lowest BCUT2D eigenvalue weighted by atomic mass is 10.0. The molecule has 0 amide bonds. The molecule has 0 spiro atoms. The van der Waals surface area contributed by atoms with E-state index in [1.807, 2.05) is 13.0 Å². The second-order valence-electron chi connectivity index (χ2n) is 5.92. The summed E-state index contributed by atoms with van der Waals surface area (Å²) in [4.78, 5) is 2.41. The number of likely N-dealkylation sites (tertiary alicyclic amines) is 1. The fraction of sp³-hybridized carbons (Fsp3) is 0.647. The first-order valence-electron chi connectivity index (χ1n) is 8.07. The van der Waals surface area contributed by atoms with E-state index >= 15 is 0 Å². The van der Waals surface area contributed by atoms with E-state index < -0.39 is 0 Å². The van der Waals surface area contributed by atoms with Crippen molar-refractivity contribution in [1.82, 2.24) is 4.90 Å². The highest BCUT2D eigenvalue weighted by atomic mass is 19.1. The van der Waals surface area contributed by atoms with Gasteiger partial charge < -0.3 is 10.5 Å². The predicted molar refractivity (Wildman–Crippen MR) is 84.2 cm³/mol. The van der Waals surface area contributed by atoms with Crippen molar-refractivity contribution in [1.29, 1.82) is 0 Å². The molecule has 0 aromatic heterocycles. The van der Waals surface area contributed by atoms with Gasteiger partial charge in [-0.25, -0.2) is 4.39 Å². The number of hydrogen-bond acceptors (Lipinski definition) is 3. The summed E-state index contributed by atoms with van der Waals surface area (Å²) in [6.45, 7) is 5.88. The van der Waals surface area contributed by atoms with Crippen molar-refractivity contribution in [2.24, 2.45) is 5.73 Å². The van der Waals surface area contributed by atoms with Crippen molar-refractivity contribution in [3.63, 3.8) is 0 Å². The fourth-order valence-corrected chi connectivity index (χ4v) is 2.74. The molecule has 1 aromatic rings. The highest BCUT2D eigenvalue weighted by Gasteiger charge is 2.10. The topological polar surface area (TPSA) is 38.5 Å². The Bertz CT molecular complexity index is 433. The van der Waals surface area contributed by atoms with Gasteiger partial charge in [0.15, 0.2) is 0 Å². The first-order chi connectivity index (χ1) is 10.2. The molecule has 2 rings (SSSR count). The van der Waals surface area contributed by atoms with Crippen LogP contribution in [0.1, 0.15) is 38.2 Å². The molecule has 3 nitrogen and oxygen atoms in total. The minimum absolute atomic E-state index is 0.0769. The molecule has 4 heteroatoms. The van der Waals surface area contributed by atoms with Crippen LogP contribution in [0.25, 0.3) is 0 Å². The number of nitrogens with zero attached hydrogens (tertiary/aromatic N) is 1. The zero-order valence-corrected chi connectivity index (χ0v) is 13.0. The average Bonchev–Trinajstić information content (AvgIpc) is 2.47. The van der Waals surface area contributed by atoms with E-state index in [4.69, 9.17) is 10.5 Å². The fourth-order valence-electron chi connectivity index (χ4n) is 2.74. The number of nitrogens with two attached hydrogens (primary N) is 1. The third-order valence-corrected chi connectivity index (χ3v) is 4.08. The van der Waals surface area contributed by atoms with E-state index in [1.165, 1.54) is 25.3 Å². The Kier molecular flexibility index (Phi) is 6.46. The lowest BCUT2D eigenvalue weighted by molar-refractivity contribution is 0.183. The van der Waals surface area contributed by atoms with E-state index in [0.717, 1.165) is 31.6 Å². The van der Waals surface area contributed by atoms with Crippen molar-refractivity contribution >= 4 is 0 Å². The molecule has 1 aromatic carbocycles. The van der Waals surface area contributed by atoms with Gasteiger partial charge in [0.25, 0.3) is 0 Å². The van der Waals surface area contributed by atoms with Crippen molar-refractivity contribution in [3.05, 3.63) is 29.6 Å². The normalized spacial score (nSPS) is 17.7. The number of benzene rings is 1. The summed E-state index contributed by atoms with van der Waals surface area (Å²) in [5.41, 5.74) is 6.85. The quantitative estimate of drug-likeness (QED) is 0.840. The minimum atomic E-state index is -0.247. The first-order valence-corrected chi connectivity index (χ1v) is 8.07. The zero-order chi connectivity index (χ0) is 15.1. The van der Waals surface area contributed by atoms with Crippen molar-refractivity contribution < 1.29 is 9.13 Å². The maximum absolute atomic E-state index is 13.6. The maximum atomic E-state index is 13.6. The summed E-state index contributed by atoms with van der Waals surface area (Å²) < 4.78 is 19.4. The molecule has 1 heterocycles. The highest BCUT2D eigenvalue weighted by molar-refractivity contribution is 5.30. The third-order valence-electron chi connectivity index (χ3n) is 4.08. The molecular formula is C17H27FN2O. The molecule has 1 unspecified atom stereocenters. The molecule has 1 aliphatic heterocycles. The number of halogens is 1. The van der Waals surface area contributed by atoms with Gasteiger partial charge in [0, 0.05) is 18.7 Å². The first kappa shape index (κ1) is 16.2. The largest absolute Gasteiger partial charge is 0.492 e. The number of piperidine rings is 1. The monoisotopic (exact) mass is 294 g/mol. The van der Waals surface area contributed by atoms with E-state index in [1.54, 1.807) is 6.07 Å². The van der Waals surface area contributed by atoms with Crippen LogP contribution < -0.4 is 10.5 Å². The molecule has 118 valence electrons. The number of rotatable bonds is 7. The molecular weight excluding hydrogens is 267 g/mol. The Hall–Kier alpha value is -1.13. The molecule has 0 bridgehead atoms. The molecule has 1 aliphatic rings. The Labute approximate surface area is 127 Å². The summed E-state index contributed by atoms with van der Waals surface area (Å²) in [5.74, 6) is 0.370. The lowest BCUT2D eigenvalue weighted by Gasteiger charge is -2.26. The van der Waals surface area contributed by atoms with Crippen LogP contribution >= 0.6 is 0 Å². The number of hydrogen-bond donors (Lipinski definition) is 1. The third kappa shape index (κ3) is 5.64. The van der Waals surface area contributed by atoms with Crippen LogP contribution in [0.4, 0.5) is 4.39 Å².